The van der Waals surface area contributed by atoms with Gasteiger partial charge in [-0.3, -0.25) is 4.98 Å². The fourth-order valence-electron chi connectivity index (χ4n) is 5.83. The van der Waals surface area contributed by atoms with Crippen LogP contribution in [0.25, 0.3) is 21.9 Å². The predicted octanol–water partition coefficient (Wildman–Crippen LogP) is 5.21. The van der Waals surface area contributed by atoms with Crippen molar-refractivity contribution in [1.82, 2.24) is 24.8 Å². The van der Waals surface area contributed by atoms with Crippen molar-refractivity contribution in [2.24, 2.45) is 5.92 Å². The zero-order valence-electron chi connectivity index (χ0n) is 21.2. The highest BCUT2D eigenvalue weighted by Crippen LogP contribution is 2.36. The standard InChI is InChI=1S/C29H33N5O3/c1-36-22-6-8-23(9-7-22)37-19-20-4-3-13-34(18-20)29(35)33-14-10-21(11-15-33)25-16-31-28-27(25)24-5-2-12-30-26(24)17-32-28/h2,5-9,12,16-17,20-21H,3-4,10-11,13-15,18-19H2,1H3,(H,31,32). The number of rotatable bonds is 5. The summed E-state index contributed by atoms with van der Waals surface area (Å²) in [5.41, 5.74) is 3.12. The van der Waals surface area contributed by atoms with E-state index in [2.05, 4.69) is 27.2 Å². The van der Waals surface area contributed by atoms with E-state index in [1.165, 1.54) is 10.9 Å². The molecular formula is C29H33N5O3. The number of hydrogen-bond donors (Lipinski definition) is 1. The molecule has 192 valence electrons. The fourth-order valence-corrected chi connectivity index (χ4v) is 5.83. The Balaban J connectivity index is 1.06. The molecule has 2 fully saturated rings. The van der Waals surface area contributed by atoms with Gasteiger partial charge in [-0.1, -0.05) is 6.07 Å². The monoisotopic (exact) mass is 499 g/mol. The maximum atomic E-state index is 13.4. The first kappa shape index (κ1) is 23.6. The highest BCUT2D eigenvalue weighted by atomic mass is 16.5. The summed E-state index contributed by atoms with van der Waals surface area (Å²) in [6, 6.07) is 11.9. The van der Waals surface area contributed by atoms with Crippen LogP contribution in [0.5, 0.6) is 11.5 Å². The molecule has 2 saturated heterocycles. The van der Waals surface area contributed by atoms with Crippen molar-refractivity contribution in [3.05, 3.63) is 60.6 Å². The van der Waals surface area contributed by atoms with Crippen LogP contribution in [0, 0.1) is 5.92 Å². The van der Waals surface area contributed by atoms with Gasteiger partial charge in [-0.05, 0) is 67.5 Å². The van der Waals surface area contributed by atoms with Crippen molar-refractivity contribution in [2.75, 3.05) is 39.9 Å². The number of amides is 2. The number of nitrogens with zero attached hydrogens (tertiary/aromatic N) is 4. The molecule has 1 N–H and O–H groups in total. The second kappa shape index (κ2) is 10.3. The van der Waals surface area contributed by atoms with E-state index in [-0.39, 0.29) is 6.03 Å². The van der Waals surface area contributed by atoms with Crippen LogP contribution in [0.1, 0.15) is 37.2 Å². The molecule has 0 bridgehead atoms. The summed E-state index contributed by atoms with van der Waals surface area (Å²) in [5.74, 6) is 2.40. The van der Waals surface area contributed by atoms with Crippen LogP contribution in [-0.4, -0.2) is 70.7 Å². The van der Waals surface area contributed by atoms with E-state index in [9.17, 15) is 4.79 Å². The van der Waals surface area contributed by atoms with Crippen LogP contribution < -0.4 is 9.47 Å². The average Bonchev–Trinajstić information content (AvgIpc) is 3.41. The lowest BCUT2D eigenvalue weighted by Gasteiger charge is -2.39. The number of nitrogens with one attached hydrogen (secondary N) is 1. The molecule has 37 heavy (non-hydrogen) atoms. The smallest absolute Gasteiger partial charge is 0.320 e. The number of hydrogen-bond acceptors (Lipinski definition) is 5. The molecule has 3 aromatic heterocycles. The van der Waals surface area contributed by atoms with Gasteiger partial charge < -0.3 is 24.3 Å². The van der Waals surface area contributed by atoms with Crippen LogP contribution >= 0.6 is 0 Å². The van der Waals surface area contributed by atoms with Crippen molar-refractivity contribution >= 4 is 28.0 Å². The summed E-state index contributed by atoms with van der Waals surface area (Å²) < 4.78 is 11.2. The van der Waals surface area contributed by atoms with Gasteiger partial charge in [-0.15, -0.1) is 0 Å². The number of H-pyrrole nitrogens is 1. The lowest BCUT2D eigenvalue weighted by molar-refractivity contribution is 0.104. The first-order valence-electron chi connectivity index (χ1n) is 13.2. The van der Waals surface area contributed by atoms with Crippen LogP contribution in [-0.2, 0) is 0 Å². The Kier molecular flexibility index (Phi) is 6.55. The molecule has 1 atom stereocenters. The molecule has 8 nitrogen and oxygen atoms in total. The third-order valence-corrected chi connectivity index (χ3v) is 7.85. The minimum Gasteiger partial charge on any atom is -0.497 e. The fraction of sp³-hybridized carbons (Fsp3) is 0.414. The van der Waals surface area contributed by atoms with Crippen molar-refractivity contribution < 1.29 is 14.3 Å². The second-order valence-corrected chi connectivity index (χ2v) is 10.1. The molecule has 4 aromatic rings. The van der Waals surface area contributed by atoms with E-state index in [0.29, 0.717) is 18.4 Å². The summed E-state index contributed by atoms with van der Waals surface area (Å²) in [6.45, 7) is 3.74. The van der Waals surface area contributed by atoms with Crippen LogP contribution in [0.2, 0.25) is 0 Å². The van der Waals surface area contributed by atoms with Crippen molar-refractivity contribution in [1.29, 1.82) is 0 Å². The van der Waals surface area contributed by atoms with E-state index in [0.717, 1.165) is 79.9 Å². The van der Waals surface area contributed by atoms with E-state index >= 15 is 0 Å². The largest absolute Gasteiger partial charge is 0.497 e. The lowest BCUT2D eigenvalue weighted by Crippen LogP contribution is -2.50. The average molecular weight is 500 g/mol. The van der Waals surface area contributed by atoms with E-state index < -0.39 is 0 Å². The number of aromatic amines is 1. The second-order valence-electron chi connectivity index (χ2n) is 10.1. The molecule has 0 saturated carbocycles. The number of likely N-dealkylation sites (tertiary alicyclic amines) is 2. The summed E-state index contributed by atoms with van der Waals surface area (Å²) in [6.07, 6.45) is 9.74. The highest BCUT2D eigenvalue weighted by Gasteiger charge is 2.31. The molecule has 0 radical (unpaired) electrons. The number of methoxy groups -OCH3 is 1. The highest BCUT2D eigenvalue weighted by molar-refractivity contribution is 6.05. The normalized spacial score (nSPS) is 18.9. The van der Waals surface area contributed by atoms with E-state index in [4.69, 9.17) is 9.47 Å². The van der Waals surface area contributed by atoms with Gasteiger partial charge in [0, 0.05) is 55.3 Å². The van der Waals surface area contributed by atoms with Crippen LogP contribution in [0.15, 0.2) is 55.0 Å². The Morgan fingerprint density at radius 3 is 2.65 bits per heavy atom. The molecule has 1 unspecified atom stereocenters. The van der Waals surface area contributed by atoms with Crippen molar-refractivity contribution in [3.8, 4) is 11.5 Å². The molecule has 0 aliphatic carbocycles. The number of carbonyl (C=O) groups excluding carboxylic acids is 1. The third kappa shape index (κ3) is 4.80. The number of fused-ring (bicyclic) bond motifs is 3. The van der Waals surface area contributed by atoms with Gasteiger partial charge in [0.05, 0.1) is 25.4 Å². The number of piperidine rings is 2. The summed E-state index contributed by atoms with van der Waals surface area (Å²) >= 11 is 0. The maximum Gasteiger partial charge on any atom is 0.320 e. The number of pyridine rings is 2. The Morgan fingerprint density at radius 2 is 1.84 bits per heavy atom. The van der Waals surface area contributed by atoms with E-state index in [1.807, 2.05) is 52.5 Å². The Bertz CT molecular complexity index is 1380. The van der Waals surface area contributed by atoms with Gasteiger partial charge in [-0.2, -0.15) is 0 Å². The van der Waals surface area contributed by atoms with Gasteiger partial charge in [0.1, 0.15) is 17.1 Å². The molecular weight excluding hydrogens is 466 g/mol. The summed E-state index contributed by atoms with van der Waals surface area (Å²) in [7, 11) is 1.66. The molecule has 6 rings (SSSR count). The Hall–Kier alpha value is -3.81. The number of benzene rings is 1. The summed E-state index contributed by atoms with van der Waals surface area (Å²) in [5, 5.41) is 2.31. The SMILES string of the molecule is COc1ccc(OCC2CCCN(C(=O)N3CCC(c4c[nH]c5ncc6ncccc6c45)CC3)C2)cc1. The molecule has 8 heteroatoms. The molecule has 5 heterocycles. The number of urea groups is 1. The number of aromatic nitrogens is 3. The Morgan fingerprint density at radius 1 is 1.03 bits per heavy atom. The molecule has 2 amide bonds. The van der Waals surface area contributed by atoms with Crippen LogP contribution in [0.4, 0.5) is 4.79 Å². The van der Waals surface area contributed by atoms with Gasteiger partial charge in [-0.25, -0.2) is 9.78 Å². The molecule has 0 spiro atoms. The van der Waals surface area contributed by atoms with E-state index in [1.54, 1.807) is 7.11 Å². The van der Waals surface area contributed by atoms with Crippen molar-refractivity contribution in [3.63, 3.8) is 0 Å². The predicted molar refractivity (Wildman–Crippen MR) is 143 cm³/mol. The van der Waals surface area contributed by atoms with Gasteiger partial charge in [0.25, 0.3) is 0 Å². The first-order chi connectivity index (χ1) is 18.2. The number of carbonyl (C=O) groups is 1. The minimum atomic E-state index is 0.169. The van der Waals surface area contributed by atoms with Crippen molar-refractivity contribution in [2.45, 2.75) is 31.6 Å². The zero-order chi connectivity index (χ0) is 25.2. The summed E-state index contributed by atoms with van der Waals surface area (Å²) in [4.78, 5) is 29.9. The molecule has 2 aliphatic rings. The first-order valence-corrected chi connectivity index (χ1v) is 13.2. The van der Waals surface area contributed by atoms with Crippen LogP contribution in [0.3, 0.4) is 0 Å². The third-order valence-electron chi connectivity index (χ3n) is 7.85. The molecule has 2 aliphatic heterocycles. The topological polar surface area (TPSA) is 83.6 Å². The molecule has 1 aromatic carbocycles. The lowest BCUT2D eigenvalue weighted by atomic mass is 9.88. The zero-order valence-corrected chi connectivity index (χ0v) is 21.2. The maximum absolute atomic E-state index is 13.4. The van der Waals surface area contributed by atoms with Gasteiger partial charge >= 0.3 is 6.03 Å². The Labute approximate surface area is 216 Å². The number of ether oxygens (including phenoxy) is 2. The van der Waals surface area contributed by atoms with Gasteiger partial charge in [0.2, 0.25) is 0 Å². The quantitative estimate of drug-likeness (QED) is 0.408. The van der Waals surface area contributed by atoms with Gasteiger partial charge in [0.15, 0.2) is 0 Å². The minimum absolute atomic E-state index is 0.169.